The molecule has 0 radical (unpaired) electrons. The van der Waals surface area contributed by atoms with Crippen LogP contribution in [0, 0.1) is 0 Å². The first kappa shape index (κ1) is 16.4. The zero-order valence-electron chi connectivity index (χ0n) is 13.4. The van der Waals surface area contributed by atoms with Gasteiger partial charge in [0.15, 0.2) is 0 Å². The van der Waals surface area contributed by atoms with Crippen molar-refractivity contribution >= 4 is 0 Å². The summed E-state index contributed by atoms with van der Waals surface area (Å²) in [6.45, 7) is 2.83. The molecular formula is C20H26O2. The molecule has 1 atom stereocenters. The number of phenolic OH excluding ortho intramolecular Hbond substituents is 1. The van der Waals surface area contributed by atoms with E-state index >= 15 is 0 Å². The van der Waals surface area contributed by atoms with Gasteiger partial charge in [-0.25, -0.2) is 0 Å². The molecule has 0 aliphatic rings. The smallest absolute Gasteiger partial charge is 0.119 e. The van der Waals surface area contributed by atoms with E-state index in [4.69, 9.17) is 4.74 Å². The minimum Gasteiger partial charge on any atom is -0.508 e. The zero-order chi connectivity index (χ0) is 15.6. The van der Waals surface area contributed by atoms with Crippen LogP contribution in [0.4, 0.5) is 0 Å². The second-order valence-corrected chi connectivity index (χ2v) is 5.73. The first-order valence-corrected chi connectivity index (χ1v) is 8.27. The fourth-order valence-electron chi connectivity index (χ4n) is 2.69. The molecule has 0 fully saturated rings. The second kappa shape index (κ2) is 9.14. The Bertz CT molecular complexity index is 536. The summed E-state index contributed by atoms with van der Waals surface area (Å²) in [6, 6.07) is 17.5. The summed E-state index contributed by atoms with van der Waals surface area (Å²) in [5.41, 5.74) is 0.995. The van der Waals surface area contributed by atoms with Crippen LogP contribution in [0.15, 0.2) is 54.6 Å². The van der Waals surface area contributed by atoms with E-state index in [9.17, 15) is 5.11 Å². The predicted molar refractivity (Wildman–Crippen MR) is 91.5 cm³/mol. The highest BCUT2D eigenvalue weighted by atomic mass is 16.5. The van der Waals surface area contributed by atoms with Crippen molar-refractivity contribution in [2.45, 2.75) is 44.9 Å². The summed E-state index contributed by atoms with van der Waals surface area (Å²) in [7, 11) is 0. The molecule has 2 aromatic carbocycles. The number of rotatable bonds is 9. The molecule has 0 heterocycles. The average molecular weight is 298 g/mol. The Balaban J connectivity index is 1.99. The number of unbranched alkanes of at least 4 members (excludes halogenated alkanes) is 3. The monoisotopic (exact) mass is 298 g/mol. The molecule has 0 saturated carbocycles. The van der Waals surface area contributed by atoms with E-state index in [2.05, 4.69) is 6.92 Å². The highest BCUT2D eigenvalue weighted by Crippen LogP contribution is 2.30. The number of hydrogen-bond acceptors (Lipinski definition) is 2. The Kier molecular flexibility index (Phi) is 6.82. The fraction of sp³-hybridized carbons (Fsp3) is 0.400. The van der Waals surface area contributed by atoms with E-state index in [0.29, 0.717) is 12.4 Å². The van der Waals surface area contributed by atoms with Crippen LogP contribution in [0.25, 0.3) is 0 Å². The molecule has 1 unspecified atom stereocenters. The summed E-state index contributed by atoms with van der Waals surface area (Å²) >= 11 is 0. The van der Waals surface area contributed by atoms with Crippen molar-refractivity contribution < 1.29 is 9.84 Å². The van der Waals surface area contributed by atoms with Crippen molar-refractivity contribution in [3.8, 4) is 11.5 Å². The third kappa shape index (κ3) is 5.10. The van der Waals surface area contributed by atoms with Crippen LogP contribution in [0.3, 0.4) is 0 Å². The summed E-state index contributed by atoms with van der Waals surface area (Å²) in [5.74, 6) is 1.49. The van der Waals surface area contributed by atoms with Gasteiger partial charge in [0.1, 0.15) is 11.5 Å². The maximum atomic E-state index is 10.1. The molecule has 2 rings (SSSR count). The van der Waals surface area contributed by atoms with Crippen LogP contribution in [0.1, 0.15) is 50.5 Å². The molecule has 0 aromatic heterocycles. The number of aromatic hydroxyl groups is 1. The van der Waals surface area contributed by atoms with Gasteiger partial charge in [-0.2, -0.15) is 0 Å². The highest BCUT2D eigenvalue weighted by Gasteiger charge is 2.15. The molecule has 0 saturated heterocycles. The van der Waals surface area contributed by atoms with E-state index in [1.807, 2.05) is 48.5 Å². The van der Waals surface area contributed by atoms with E-state index in [1.54, 1.807) is 6.07 Å². The van der Waals surface area contributed by atoms with Crippen LogP contribution in [0.5, 0.6) is 11.5 Å². The van der Waals surface area contributed by atoms with Crippen LogP contribution in [-0.4, -0.2) is 11.7 Å². The summed E-state index contributed by atoms with van der Waals surface area (Å²) < 4.78 is 5.92. The Labute approximate surface area is 133 Å². The second-order valence-electron chi connectivity index (χ2n) is 5.73. The first-order valence-electron chi connectivity index (χ1n) is 8.27. The van der Waals surface area contributed by atoms with Crippen LogP contribution < -0.4 is 4.74 Å². The van der Waals surface area contributed by atoms with Crippen LogP contribution in [0.2, 0.25) is 0 Å². The lowest BCUT2D eigenvalue weighted by atomic mass is 9.93. The maximum absolute atomic E-state index is 10.1. The van der Waals surface area contributed by atoms with E-state index in [0.717, 1.165) is 17.7 Å². The topological polar surface area (TPSA) is 29.5 Å². The number of phenols is 1. The molecule has 0 aliphatic carbocycles. The van der Waals surface area contributed by atoms with Gasteiger partial charge in [-0.05, 0) is 24.6 Å². The number of para-hydroxylation sites is 2. The molecule has 22 heavy (non-hydrogen) atoms. The van der Waals surface area contributed by atoms with Crippen LogP contribution in [-0.2, 0) is 0 Å². The molecule has 2 aromatic rings. The number of benzene rings is 2. The van der Waals surface area contributed by atoms with Gasteiger partial charge in [-0.3, -0.25) is 0 Å². The first-order chi connectivity index (χ1) is 10.8. The lowest BCUT2D eigenvalue weighted by molar-refractivity contribution is 0.275. The maximum Gasteiger partial charge on any atom is 0.119 e. The van der Waals surface area contributed by atoms with Crippen molar-refractivity contribution in [3.05, 3.63) is 60.2 Å². The average Bonchev–Trinajstić information content (AvgIpc) is 2.56. The van der Waals surface area contributed by atoms with E-state index < -0.39 is 0 Å². The Morgan fingerprint density at radius 2 is 1.64 bits per heavy atom. The van der Waals surface area contributed by atoms with Gasteiger partial charge in [-0.15, -0.1) is 0 Å². The molecule has 0 amide bonds. The largest absolute Gasteiger partial charge is 0.508 e. The van der Waals surface area contributed by atoms with Gasteiger partial charge >= 0.3 is 0 Å². The summed E-state index contributed by atoms with van der Waals surface area (Å²) in [5, 5.41) is 10.1. The summed E-state index contributed by atoms with van der Waals surface area (Å²) in [6.07, 6.45) is 5.97. The number of hydrogen-bond donors (Lipinski definition) is 1. The Morgan fingerprint density at radius 3 is 2.36 bits per heavy atom. The van der Waals surface area contributed by atoms with E-state index in [1.165, 1.54) is 25.7 Å². The summed E-state index contributed by atoms with van der Waals surface area (Å²) in [4.78, 5) is 0. The lowest BCUT2D eigenvalue weighted by Crippen LogP contribution is -2.11. The fourth-order valence-corrected chi connectivity index (χ4v) is 2.69. The van der Waals surface area contributed by atoms with Gasteiger partial charge in [0.05, 0.1) is 6.61 Å². The van der Waals surface area contributed by atoms with Gasteiger partial charge < -0.3 is 9.84 Å². The quantitative estimate of drug-likeness (QED) is 0.617. The predicted octanol–water partition coefficient (Wildman–Crippen LogP) is 5.53. The molecule has 0 spiro atoms. The molecule has 0 aliphatic heterocycles. The minimum absolute atomic E-state index is 0.235. The standard InChI is InChI=1S/C20H26O2/c1-2-3-4-6-11-17(19-14-9-10-15-20(19)21)16-22-18-12-7-5-8-13-18/h5,7-10,12-15,17,21H,2-4,6,11,16H2,1H3. The van der Waals surface area contributed by atoms with Gasteiger partial charge in [-0.1, -0.05) is 69.0 Å². The van der Waals surface area contributed by atoms with Gasteiger partial charge in [0, 0.05) is 11.5 Å². The molecule has 118 valence electrons. The zero-order valence-corrected chi connectivity index (χ0v) is 13.4. The minimum atomic E-state index is 0.235. The van der Waals surface area contributed by atoms with Gasteiger partial charge in [0.2, 0.25) is 0 Å². The third-order valence-electron chi connectivity index (χ3n) is 3.98. The van der Waals surface area contributed by atoms with Crippen molar-refractivity contribution in [1.29, 1.82) is 0 Å². The van der Waals surface area contributed by atoms with Gasteiger partial charge in [0.25, 0.3) is 0 Å². The molecular weight excluding hydrogens is 272 g/mol. The number of ether oxygens (including phenoxy) is 1. The van der Waals surface area contributed by atoms with Crippen molar-refractivity contribution in [1.82, 2.24) is 0 Å². The molecule has 2 nitrogen and oxygen atoms in total. The van der Waals surface area contributed by atoms with Crippen molar-refractivity contribution in [3.63, 3.8) is 0 Å². The molecule has 0 bridgehead atoms. The highest BCUT2D eigenvalue weighted by molar-refractivity contribution is 5.35. The third-order valence-corrected chi connectivity index (χ3v) is 3.98. The van der Waals surface area contributed by atoms with E-state index in [-0.39, 0.29) is 5.92 Å². The SMILES string of the molecule is CCCCCCC(COc1ccccc1)c1ccccc1O. The van der Waals surface area contributed by atoms with Crippen molar-refractivity contribution in [2.24, 2.45) is 0 Å². The van der Waals surface area contributed by atoms with Crippen molar-refractivity contribution in [2.75, 3.05) is 6.61 Å². The molecule has 1 N–H and O–H groups in total. The lowest BCUT2D eigenvalue weighted by Gasteiger charge is -2.19. The van der Waals surface area contributed by atoms with Crippen LogP contribution >= 0.6 is 0 Å². The molecule has 2 heteroatoms. The Hall–Kier alpha value is -1.96. The Morgan fingerprint density at radius 1 is 0.909 bits per heavy atom. The normalized spacial score (nSPS) is 12.0.